The summed E-state index contributed by atoms with van der Waals surface area (Å²) in [5.41, 5.74) is 2.83. The van der Waals surface area contributed by atoms with Crippen molar-refractivity contribution in [3.8, 4) is 0 Å². The summed E-state index contributed by atoms with van der Waals surface area (Å²) in [6, 6.07) is 17.1. The molecule has 1 aliphatic rings. The third-order valence-electron chi connectivity index (χ3n) is 6.92. The van der Waals surface area contributed by atoms with Gasteiger partial charge in [0.15, 0.2) is 0 Å². The number of aliphatic hydroxyl groups excluding tert-OH is 1. The predicted octanol–water partition coefficient (Wildman–Crippen LogP) is 5.15. The van der Waals surface area contributed by atoms with E-state index in [2.05, 4.69) is 16.0 Å². The van der Waals surface area contributed by atoms with Crippen molar-refractivity contribution in [1.29, 1.82) is 0 Å². The minimum atomic E-state index is -2.99. The second-order valence-corrected chi connectivity index (χ2v) is 12.3. The molecule has 4 rings (SSSR count). The number of carbonyl (C=O) groups is 1. The Morgan fingerprint density at radius 1 is 1.00 bits per heavy atom. The first-order valence-corrected chi connectivity index (χ1v) is 15.4. The monoisotopic (exact) mass is 588 g/mol. The summed E-state index contributed by atoms with van der Waals surface area (Å²) in [4.78, 5) is 13.6. The zero-order chi connectivity index (χ0) is 29.4. The second kappa shape index (κ2) is 14.1. The standard InChI is InChI=1S/C30H38F2N4O4S/c1-2-34-26-15-23(16-27(18-26)36-10-6-7-11-41(36,39)40)30(38)35-28(14-21-8-4-3-5-9-21)29(37)20-33-19-22-12-24(31)17-25(32)13-22/h3-5,8-9,12-13,15-18,28-29,33-34,37,39-40H,2,6-7,10-11,14,19-20H2,1H3,(H,35,38). The Morgan fingerprint density at radius 2 is 1.73 bits per heavy atom. The van der Waals surface area contributed by atoms with E-state index in [4.69, 9.17) is 0 Å². The summed E-state index contributed by atoms with van der Waals surface area (Å²) in [5.74, 6) is -1.50. The van der Waals surface area contributed by atoms with Gasteiger partial charge in [-0.3, -0.25) is 18.2 Å². The van der Waals surface area contributed by atoms with Crippen LogP contribution < -0.4 is 20.3 Å². The number of anilines is 2. The molecule has 1 fully saturated rings. The summed E-state index contributed by atoms with van der Waals surface area (Å²) in [6.45, 7) is 3.20. The first kappa shape index (κ1) is 30.7. The third kappa shape index (κ3) is 8.64. The van der Waals surface area contributed by atoms with E-state index in [1.165, 1.54) is 12.1 Å². The minimum Gasteiger partial charge on any atom is -0.390 e. The van der Waals surface area contributed by atoms with Gasteiger partial charge in [0.25, 0.3) is 5.91 Å². The molecule has 0 bridgehead atoms. The van der Waals surface area contributed by atoms with E-state index < -0.39 is 40.5 Å². The average molecular weight is 589 g/mol. The molecule has 0 aliphatic carbocycles. The van der Waals surface area contributed by atoms with E-state index in [-0.39, 0.29) is 18.8 Å². The maximum atomic E-state index is 13.6. The van der Waals surface area contributed by atoms with Crippen molar-refractivity contribution in [3.05, 3.63) is 95.1 Å². The quantitative estimate of drug-likeness (QED) is 0.173. The lowest BCUT2D eigenvalue weighted by Gasteiger charge is -2.47. The van der Waals surface area contributed by atoms with E-state index in [1.807, 2.05) is 37.3 Å². The van der Waals surface area contributed by atoms with Crippen LogP contribution in [-0.4, -0.2) is 57.7 Å². The lowest BCUT2D eigenvalue weighted by atomic mass is 10.00. The van der Waals surface area contributed by atoms with Crippen molar-refractivity contribution >= 4 is 28.1 Å². The summed E-state index contributed by atoms with van der Waals surface area (Å²) in [5, 5.41) is 20.3. The van der Waals surface area contributed by atoms with Crippen molar-refractivity contribution in [2.24, 2.45) is 0 Å². The van der Waals surface area contributed by atoms with E-state index in [0.29, 0.717) is 42.0 Å². The Labute approximate surface area is 241 Å². The van der Waals surface area contributed by atoms with Crippen LogP contribution in [-0.2, 0) is 13.0 Å². The van der Waals surface area contributed by atoms with Gasteiger partial charge in [-0.25, -0.2) is 8.78 Å². The van der Waals surface area contributed by atoms with Gasteiger partial charge in [-0.2, -0.15) is 0 Å². The number of benzene rings is 3. The fraction of sp³-hybridized carbons (Fsp3) is 0.367. The highest BCUT2D eigenvalue weighted by atomic mass is 32.3. The number of aliphatic hydroxyl groups is 1. The molecule has 41 heavy (non-hydrogen) atoms. The summed E-state index contributed by atoms with van der Waals surface area (Å²) < 4.78 is 50.0. The van der Waals surface area contributed by atoms with Gasteiger partial charge in [-0.1, -0.05) is 30.3 Å². The Morgan fingerprint density at radius 3 is 2.41 bits per heavy atom. The molecule has 8 nitrogen and oxygen atoms in total. The van der Waals surface area contributed by atoms with E-state index in [0.717, 1.165) is 24.5 Å². The molecule has 1 saturated heterocycles. The Hall–Kier alpha value is -3.22. The molecule has 3 aromatic carbocycles. The second-order valence-electron chi connectivity index (χ2n) is 10.2. The first-order valence-electron chi connectivity index (χ1n) is 13.8. The molecule has 1 heterocycles. The van der Waals surface area contributed by atoms with Gasteiger partial charge >= 0.3 is 0 Å². The van der Waals surface area contributed by atoms with E-state index in [1.54, 1.807) is 22.5 Å². The molecule has 3 aromatic rings. The zero-order valence-corrected chi connectivity index (χ0v) is 23.8. The van der Waals surface area contributed by atoms with Crippen molar-refractivity contribution in [2.75, 3.05) is 35.0 Å². The molecule has 0 spiro atoms. The highest BCUT2D eigenvalue weighted by Crippen LogP contribution is 2.50. The smallest absolute Gasteiger partial charge is 0.251 e. The molecular weight excluding hydrogens is 550 g/mol. The lowest BCUT2D eigenvalue weighted by molar-refractivity contribution is 0.0830. The molecule has 0 saturated carbocycles. The Kier molecular flexibility index (Phi) is 10.6. The lowest BCUT2D eigenvalue weighted by Crippen LogP contribution is -2.48. The van der Waals surface area contributed by atoms with Crippen molar-refractivity contribution in [3.63, 3.8) is 0 Å². The molecule has 1 amide bonds. The molecule has 0 radical (unpaired) electrons. The zero-order valence-electron chi connectivity index (χ0n) is 23.0. The number of hydrogen-bond donors (Lipinski definition) is 6. The molecule has 11 heteroatoms. The summed E-state index contributed by atoms with van der Waals surface area (Å²) >= 11 is 0. The topological polar surface area (TPSA) is 117 Å². The Bertz CT molecular complexity index is 1290. The summed E-state index contributed by atoms with van der Waals surface area (Å²) in [7, 11) is -2.99. The van der Waals surface area contributed by atoms with Crippen LogP contribution in [0.4, 0.5) is 20.2 Å². The molecular formula is C30H38F2N4O4S. The van der Waals surface area contributed by atoms with E-state index in [9.17, 15) is 27.8 Å². The number of hydrogen-bond acceptors (Lipinski definition) is 7. The summed E-state index contributed by atoms with van der Waals surface area (Å²) in [6.07, 6.45) is 0.850. The third-order valence-corrected chi connectivity index (χ3v) is 8.85. The fourth-order valence-electron chi connectivity index (χ4n) is 4.92. The average Bonchev–Trinajstić information content (AvgIpc) is 2.92. The van der Waals surface area contributed by atoms with Gasteiger partial charge in [0.1, 0.15) is 11.6 Å². The van der Waals surface area contributed by atoms with Crippen LogP contribution in [0.15, 0.2) is 66.7 Å². The predicted molar refractivity (Wildman–Crippen MR) is 160 cm³/mol. The minimum absolute atomic E-state index is 0.0628. The van der Waals surface area contributed by atoms with Crippen LogP contribution in [0.1, 0.15) is 41.3 Å². The number of amides is 1. The van der Waals surface area contributed by atoms with Crippen LogP contribution >= 0.6 is 10.8 Å². The van der Waals surface area contributed by atoms with E-state index >= 15 is 0 Å². The molecule has 6 N–H and O–H groups in total. The van der Waals surface area contributed by atoms with Crippen molar-refractivity contribution < 1.29 is 27.8 Å². The molecule has 222 valence electrons. The van der Waals surface area contributed by atoms with Crippen LogP contribution in [0, 0.1) is 11.6 Å². The maximum Gasteiger partial charge on any atom is 0.251 e. The normalized spacial score (nSPS) is 17.0. The largest absolute Gasteiger partial charge is 0.390 e. The molecule has 2 atom stereocenters. The van der Waals surface area contributed by atoms with Gasteiger partial charge in [0.05, 0.1) is 23.6 Å². The van der Waals surface area contributed by atoms with Gasteiger partial charge < -0.3 is 21.1 Å². The van der Waals surface area contributed by atoms with Crippen LogP contribution in [0.5, 0.6) is 0 Å². The molecule has 1 aliphatic heterocycles. The van der Waals surface area contributed by atoms with Gasteiger partial charge in [-0.15, -0.1) is 10.8 Å². The number of carbonyl (C=O) groups excluding carboxylic acids is 1. The van der Waals surface area contributed by atoms with Crippen LogP contribution in [0.25, 0.3) is 0 Å². The maximum absolute atomic E-state index is 13.6. The fourth-order valence-corrected chi connectivity index (χ4v) is 6.60. The Balaban J connectivity index is 1.53. The van der Waals surface area contributed by atoms with Crippen molar-refractivity contribution in [1.82, 2.24) is 10.6 Å². The van der Waals surface area contributed by atoms with Crippen LogP contribution in [0.2, 0.25) is 0 Å². The van der Waals surface area contributed by atoms with Gasteiger partial charge in [0, 0.05) is 43.5 Å². The highest BCUT2D eigenvalue weighted by Gasteiger charge is 2.28. The molecule has 0 aromatic heterocycles. The van der Waals surface area contributed by atoms with Crippen molar-refractivity contribution in [2.45, 2.75) is 44.9 Å². The first-order chi connectivity index (χ1) is 19.6. The number of rotatable bonds is 12. The highest BCUT2D eigenvalue weighted by molar-refractivity contribution is 8.25. The number of nitrogens with zero attached hydrogens (tertiary/aromatic N) is 1. The SMILES string of the molecule is CCNc1cc(C(=O)NC(Cc2ccccc2)C(O)CNCc2cc(F)cc(F)c2)cc(N2CCCCS2(O)O)c1. The number of nitrogens with one attached hydrogen (secondary N) is 3. The number of halogens is 2. The van der Waals surface area contributed by atoms with Gasteiger partial charge in [0.2, 0.25) is 0 Å². The van der Waals surface area contributed by atoms with Gasteiger partial charge in [-0.05, 0) is 67.6 Å². The van der Waals surface area contributed by atoms with Crippen LogP contribution in [0.3, 0.4) is 0 Å². The molecule has 2 unspecified atom stereocenters.